The summed E-state index contributed by atoms with van der Waals surface area (Å²) in [7, 11) is -1.10. The van der Waals surface area contributed by atoms with E-state index in [4.69, 9.17) is 0 Å². The number of nitrogens with zero attached hydrogens (tertiary/aromatic N) is 5. The number of hydrogen-bond acceptors (Lipinski definition) is 7. The van der Waals surface area contributed by atoms with Crippen LogP contribution in [0.25, 0.3) is 0 Å². The highest BCUT2D eigenvalue weighted by atomic mass is 32.2. The van der Waals surface area contributed by atoms with Crippen LogP contribution in [0.15, 0.2) is 30.5 Å². The van der Waals surface area contributed by atoms with Gasteiger partial charge in [0, 0.05) is 26.2 Å². The van der Waals surface area contributed by atoms with Crippen LogP contribution in [0, 0.1) is 0 Å². The van der Waals surface area contributed by atoms with Crippen molar-refractivity contribution in [3.63, 3.8) is 0 Å². The highest BCUT2D eigenvalue weighted by Gasteiger charge is 2.32. The number of aromatic nitrogens is 3. The third-order valence-electron chi connectivity index (χ3n) is 5.06. The van der Waals surface area contributed by atoms with Gasteiger partial charge in [-0.3, -0.25) is 0 Å². The molecule has 2 aromatic rings. The van der Waals surface area contributed by atoms with Gasteiger partial charge in [0.25, 0.3) is 0 Å². The van der Waals surface area contributed by atoms with Gasteiger partial charge in [0.1, 0.15) is 0 Å². The van der Waals surface area contributed by atoms with Crippen molar-refractivity contribution >= 4 is 21.6 Å². The zero-order valence-corrected chi connectivity index (χ0v) is 15.0. The Kier molecular flexibility index (Phi) is 4.07. The van der Waals surface area contributed by atoms with Gasteiger partial charge in [-0.25, -0.2) is 8.42 Å². The molecule has 4 rings (SSSR count). The molecule has 8 heteroatoms. The molecule has 0 aliphatic carbocycles. The van der Waals surface area contributed by atoms with Gasteiger partial charge in [-0.05, 0) is 24.0 Å². The Balaban J connectivity index is 1.54. The normalized spacial score (nSPS) is 21.8. The fraction of sp³-hybridized carbons (Fsp3) is 0.471. The monoisotopic (exact) mass is 359 g/mol. The second-order valence-corrected chi connectivity index (χ2v) is 8.95. The summed E-state index contributed by atoms with van der Waals surface area (Å²) in [6.45, 7) is 1.69. The number of anilines is 2. The van der Waals surface area contributed by atoms with E-state index in [2.05, 4.69) is 44.3 Å². The lowest BCUT2D eigenvalue weighted by atomic mass is 10.0. The molecule has 0 N–H and O–H groups in total. The maximum atomic E-state index is 11.7. The second-order valence-electron chi connectivity index (χ2n) is 6.72. The molecule has 2 aliphatic heterocycles. The summed E-state index contributed by atoms with van der Waals surface area (Å²) in [5, 5.41) is 8.21. The first-order chi connectivity index (χ1) is 12.0. The quantitative estimate of drug-likeness (QED) is 0.811. The minimum atomic E-state index is -2.94. The minimum Gasteiger partial charge on any atom is -0.350 e. The van der Waals surface area contributed by atoms with E-state index in [0.717, 1.165) is 25.3 Å². The van der Waals surface area contributed by atoms with Crippen LogP contribution in [0.4, 0.5) is 11.8 Å². The van der Waals surface area contributed by atoms with Crippen LogP contribution in [-0.2, 0) is 22.8 Å². The molecule has 7 nitrogen and oxygen atoms in total. The van der Waals surface area contributed by atoms with Gasteiger partial charge in [0.15, 0.2) is 15.7 Å². The van der Waals surface area contributed by atoms with E-state index in [-0.39, 0.29) is 17.5 Å². The lowest BCUT2D eigenvalue weighted by Crippen LogP contribution is -2.35. The predicted molar refractivity (Wildman–Crippen MR) is 96.5 cm³/mol. The first-order valence-electron chi connectivity index (χ1n) is 8.46. The van der Waals surface area contributed by atoms with Gasteiger partial charge >= 0.3 is 0 Å². The molecular weight excluding hydrogens is 338 g/mol. The molecule has 25 heavy (non-hydrogen) atoms. The molecule has 0 saturated carbocycles. The molecule has 1 atom stereocenters. The summed E-state index contributed by atoms with van der Waals surface area (Å²) in [5.74, 6) is 1.66. The Bertz CT molecular complexity index is 886. The van der Waals surface area contributed by atoms with Crippen LogP contribution < -0.4 is 9.80 Å². The van der Waals surface area contributed by atoms with E-state index in [1.807, 2.05) is 11.9 Å². The molecule has 0 radical (unpaired) electrons. The largest absolute Gasteiger partial charge is 0.350 e. The van der Waals surface area contributed by atoms with Crippen molar-refractivity contribution < 1.29 is 8.42 Å². The van der Waals surface area contributed by atoms with Gasteiger partial charge in [0.05, 0.1) is 17.7 Å². The molecule has 3 heterocycles. The molecule has 132 valence electrons. The summed E-state index contributed by atoms with van der Waals surface area (Å²) >= 11 is 0. The number of hydrogen-bond donors (Lipinski definition) is 0. The van der Waals surface area contributed by atoms with Crippen molar-refractivity contribution in [2.75, 3.05) is 34.9 Å². The van der Waals surface area contributed by atoms with Gasteiger partial charge in [0.2, 0.25) is 5.95 Å². The fourth-order valence-electron chi connectivity index (χ4n) is 3.52. The molecule has 0 amide bonds. The van der Waals surface area contributed by atoms with E-state index in [9.17, 15) is 8.42 Å². The van der Waals surface area contributed by atoms with E-state index < -0.39 is 9.84 Å². The molecule has 1 saturated heterocycles. The lowest BCUT2D eigenvalue weighted by Gasteiger charge is -2.30. The number of sulfone groups is 1. The van der Waals surface area contributed by atoms with Crippen LogP contribution in [0.3, 0.4) is 0 Å². The lowest BCUT2D eigenvalue weighted by molar-refractivity contribution is 0.600. The average molecular weight is 359 g/mol. The topological polar surface area (TPSA) is 79.3 Å². The van der Waals surface area contributed by atoms with E-state index in [1.165, 1.54) is 11.1 Å². The molecule has 1 aromatic heterocycles. The standard InChI is InChI=1S/C17H21N5O2S/c1-21(15-7-9-25(23,24)12-15)17-19-16(10-18-20-17)22-8-6-13-4-2-3-5-14(13)11-22/h2-5,10,15H,6-9,11-12H2,1H3. The summed E-state index contributed by atoms with van der Waals surface area (Å²) < 4.78 is 23.4. The zero-order chi connectivity index (χ0) is 17.4. The van der Waals surface area contributed by atoms with E-state index >= 15 is 0 Å². The van der Waals surface area contributed by atoms with Crippen molar-refractivity contribution in [3.05, 3.63) is 41.6 Å². The molecule has 0 spiro atoms. The summed E-state index contributed by atoms with van der Waals surface area (Å²) in [6.07, 6.45) is 3.27. The Hall–Kier alpha value is -2.22. The Labute approximate surface area is 147 Å². The first-order valence-corrected chi connectivity index (χ1v) is 10.3. The van der Waals surface area contributed by atoms with Crippen molar-refractivity contribution in [3.8, 4) is 0 Å². The minimum absolute atomic E-state index is 0.0795. The van der Waals surface area contributed by atoms with Gasteiger partial charge in [-0.15, -0.1) is 5.10 Å². The van der Waals surface area contributed by atoms with Crippen LogP contribution in [0.5, 0.6) is 0 Å². The number of benzene rings is 1. The Morgan fingerprint density at radius 3 is 2.80 bits per heavy atom. The highest BCUT2D eigenvalue weighted by molar-refractivity contribution is 7.91. The Morgan fingerprint density at radius 2 is 2.04 bits per heavy atom. The third kappa shape index (κ3) is 3.30. The van der Waals surface area contributed by atoms with Crippen LogP contribution in [-0.4, -0.2) is 54.7 Å². The smallest absolute Gasteiger partial charge is 0.247 e. The van der Waals surface area contributed by atoms with Gasteiger partial charge < -0.3 is 9.80 Å². The molecule has 0 bridgehead atoms. The van der Waals surface area contributed by atoms with Crippen LogP contribution in [0.1, 0.15) is 17.5 Å². The van der Waals surface area contributed by atoms with Crippen molar-refractivity contribution in [1.29, 1.82) is 0 Å². The van der Waals surface area contributed by atoms with Crippen molar-refractivity contribution in [2.24, 2.45) is 0 Å². The van der Waals surface area contributed by atoms with Gasteiger partial charge in [-0.2, -0.15) is 10.1 Å². The predicted octanol–water partition coefficient (Wildman–Crippen LogP) is 1.06. The van der Waals surface area contributed by atoms with E-state index in [0.29, 0.717) is 12.4 Å². The first kappa shape index (κ1) is 16.3. The van der Waals surface area contributed by atoms with Crippen LogP contribution in [0.2, 0.25) is 0 Å². The summed E-state index contributed by atoms with van der Waals surface area (Å²) in [6, 6.07) is 8.37. The Morgan fingerprint density at radius 1 is 1.24 bits per heavy atom. The fourth-order valence-corrected chi connectivity index (χ4v) is 5.30. The third-order valence-corrected chi connectivity index (χ3v) is 6.81. The molecule has 1 aromatic carbocycles. The molecular formula is C17H21N5O2S. The average Bonchev–Trinajstić information content (AvgIpc) is 3.00. The van der Waals surface area contributed by atoms with E-state index in [1.54, 1.807) is 6.20 Å². The van der Waals surface area contributed by atoms with Gasteiger partial charge in [-0.1, -0.05) is 24.3 Å². The van der Waals surface area contributed by atoms with Crippen molar-refractivity contribution in [2.45, 2.75) is 25.4 Å². The maximum Gasteiger partial charge on any atom is 0.247 e. The second kappa shape index (κ2) is 6.25. The molecule has 2 aliphatic rings. The summed E-state index contributed by atoms with van der Waals surface area (Å²) in [4.78, 5) is 8.69. The molecule has 1 fully saturated rings. The van der Waals surface area contributed by atoms with Crippen molar-refractivity contribution in [1.82, 2.24) is 15.2 Å². The number of rotatable bonds is 3. The highest BCUT2D eigenvalue weighted by Crippen LogP contribution is 2.25. The molecule has 1 unspecified atom stereocenters. The SMILES string of the molecule is CN(c1nncc(N2CCc3ccccc3C2)n1)C1CCS(=O)(=O)C1. The summed E-state index contributed by atoms with van der Waals surface area (Å²) in [5.41, 5.74) is 2.69. The number of fused-ring (bicyclic) bond motifs is 1. The van der Waals surface area contributed by atoms with Crippen LogP contribution >= 0.6 is 0 Å². The zero-order valence-electron chi connectivity index (χ0n) is 14.2. The maximum absolute atomic E-state index is 11.7.